The van der Waals surface area contributed by atoms with E-state index in [9.17, 15) is 0 Å². The zero-order chi connectivity index (χ0) is 9.10. The zero-order valence-corrected chi connectivity index (χ0v) is 7.61. The third kappa shape index (κ3) is 2.05. The predicted molar refractivity (Wildman–Crippen MR) is 52.2 cm³/mol. The van der Waals surface area contributed by atoms with Crippen LogP contribution in [0.2, 0.25) is 0 Å². The monoisotopic (exact) mass is 177 g/mol. The Morgan fingerprint density at radius 1 is 1.38 bits per heavy atom. The number of nitrogens with two attached hydrogens (primary N) is 1. The van der Waals surface area contributed by atoms with E-state index in [0.29, 0.717) is 12.1 Å². The molecule has 70 valence electrons. The molecule has 3 N–H and O–H groups in total. The van der Waals surface area contributed by atoms with E-state index < -0.39 is 0 Å². The molecule has 0 radical (unpaired) electrons. The SMILES string of the molecule is NC1CCNC(c2ccncc2)C1. The molecule has 2 rings (SSSR count). The predicted octanol–water partition coefficient (Wildman–Crippen LogP) is 0.833. The molecular formula is C10H15N3. The Labute approximate surface area is 78.4 Å². The molecule has 2 atom stereocenters. The van der Waals surface area contributed by atoms with Gasteiger partial charge in [0.1, 0.15) is 0 Å². The average molecular weight is 177 g/mol. The minimum absolute atomic E-state index is 0.347. The number of nitrogens with one attached hydrogen (secondary N) is 1. The Morgan fingerprint density at radius 2 is 2.15 bits per heavy atom. The van der Waals surface area contributed by atoms with Crippen LogP contribution in [0.1, 0.15) is 24.4 Å². The first-order valence-corrected chi connectivity index (χ1v) is 4.75. The number of aromatic nitrogens is 1. The largest absolute Gasteiger partial charge is 0.328 e. The highest BCUT2D eigenvalue weighted by atomic mass is 14.9. The minimum atomic E-state index is 0.347. The van der Waals surface area contributed by atoms with Gasteiger partial charge in [-0.15, -0.1) is 0 Å². The maximum Gasteiger partial charge on any atom is 0.0336 e. The van der Waals surface area contributed by atoms with Crippen molar-refractivity contribution in [1.29, 1.82) is 0 Å². The minimum Gasteiger partial charge on any atom is -0.328 e. The fraction of sp³-hybridized carbons (Fsp3) is 0.500. The molecule has 0 spiro atoms. The quantitative estimate of drug-likeness (QED) is 0.668. The van der Waals surface area contributed by atoms with Crippen molar-refractivity contribution in [1.82, 2.24) is 10.3 Å². The first-order valence-electron chi connectivity index (χ1n) is 4.75. The molecule has 1 aromatic rings. The van der Waals surface area contributed by atoms with Gasteiger partial charge >= 0.3 is 0 Å². The van der Waals surface area contributed by atoms with Gasteiger partial charge in [0.15, 0.2) is 0 Å². The summed E-state index contributed by atoms with van der Waals surface area (Å²) in [4.78, 5) is 4.00. The van der Waals surface area contributed by atoms with Gasteiger partial charge in [-0.3, -0.25) is 4.98 Å². The molecular weight excluding hydrogens is 162 g/mol. The molecule has 1 aromatic heterocycles. The van der Waals surface area contributed by atoms with Crippen LogP contribution in [-0.2, 0) is 0 Å². The summed E-state index contributed by atoms with van der Waals surface area (Å²) < 4.78 is 0. The molecule has 2 unspecified atom stereocenters. The van der Waals surface area contributed by atoms with E-state index in [0.717, 1.165) is 19.4 Å². The van der Waals surface area contributed by atoms with Crippen LogP contribution in [0.3, 0.4) is 0 Å². The Hall–Kier alpha value is -0.930. The van der Waals surface area contributed by atoms with Crippen molar-refractivity contribution in [3.63, 3.8) is 0 Å². The fourth-order valence-corrected chi connectivity index (χ4v) is 1.80. The van der Waals surface area contributed by atoms with E-state index in [1.165, 1.54) is 5.56 Å². The number of pyridine rings is 1. The van der Waals surface area contributed by atoms with E-state index in [1.54, 1.807) is 0 Å². The molecule has 1 fully saturated rings. The van der Waals surface area contributed by atoms with Crippen LogP contribution in [-0.4, -0.2) is 17.6 Å². The lowest BCUT2D eigenvalue weighted by Crippen LogP contribution is -2.38. The first-order chi connectivity index (χ1) is 6.36. The molecule has 1 aliphatic heterocycles. The van der Waals surface area contributed by atoms with E-state index in [2.05, 4.69) is 22.4 Å². The van der Waals surface area contributed by atoms with Crippen molar-refractivity contribution in [3.05, 3.63) is 30.1 Å². The maximum absolute atomic E-state index is 5.91. The molecule has 1 saturated heterocycles. The second kappa shape index (κ2) is 3.85. The Bertz CT molecular complexity index is 260. The average Bonchev–Trinajstić information content (AvgIpc) is 2.19. The van der Waals surface area contributed by atoms with E-state index in [1.807, 2.05) is 12.4 Å². The van der Waals surface area contributed by atoms with Gasteiger partial charge in [0, 0.05) is 24.5 Å². The van der Waals surface area contributed by atoms with Crippen LogP contribution < -0.4 is 11.1 Å². The first kappa shape index (κ1) is 8.66. The van der Waals surface area contributed by atoms with Crippen LogP contribution in [0.15, 0.2) is 24.5 Å². The second-order valence-electron chi connectivity index (χ2n) is 3.57. The Kier molecular flexibility index (Phi) is 2.57. The van der Waals surface area contributed by atoms with Gasteiger partial charge in [0.05, 0.1) is 0 Å². The van der Waals surface area contributed by atoms with E-state index >= 15 is 0 Å². The summed E-state index contributed by atoms with van der Waals surface area (Å²) in [5.41, 5.74) is 7.20. The van der Waals surface area contributed by atoms with E-state index in [-0.39, 0.29) is 0 Å². The topological polar surface area (TPSA) is 50.9 Å². The van der Waals surface area contributed by atoms with Gasteiger partial charge in [0.2, 0.25) is 0 Å². The van der Waals surface area contributed by atoms with Gasteiger partial charge in [-0.1, -0.05) is 0 Å². The number of rotatable bonds is 1. The fourth-order valence-electron chi connectivity index (χ4n) is 1.80. The lowest BCUT2D eigenvalue weighted by atomic mass is 9.95. The highest BCUT2D eigenvalue weighted by Gasteiger charge is 2.19. The molecule has 0 aliphatic carbocycles. The van der Waals surface area contributed by atoms with Gasteiger partial charge in [-0.25, -0.2) is 0 Å². The molecule has 0 bridgehead atoms. The van der Waals surface area contributed by atoms with Gasteiger partial charge < -0.3 is 11.1 Å². The van der Waals surface area contributed by atoms with Crippen molar-refractivity contribution in [2.24, 2.45) is 5.73 Å². The number of hydrogen-bond donors (Lipinski definition) is 2. The summed E-state index contributed by atoms with van der Waals surface area (Å²) in [7, 11) is 0. The third-order valence-corrected chi connectivity index (χ3v) is 2.55. The third-order valence-electron chi connectivity index (χ3n) is 2.55. The summed E-state index contributed by atoms with van der Waals surface area (Å²) in [5, 5.41) is 3.46. The van der Waals surface area contributed by atoms with Crippen LogP contribution in [0.5, 0.6) is 0 Å². The molecule has 0 saturated carbocycles. The molecule has 13 heavy (non-hydrogen) atoms. The zero-order valence-electron chi connectivity index (χ0n) is 7.61. The molecule has 0 amide bonds. The summed E-state index contributed by atoms with van der Waals surface area (Å²) >= 11 is 0. The summed E-state index contributed by atoms with van der Waals surface area (Å²) in [6.07, 6.45) is 5.78. The van der Waals surface area contributed by atoms with Gasteiger partial charge in [-0.05, 0) is 37.1 Å². The van der Waals surface area contributed by atoms with Crippen molar-refractivity contribution in [2.75, 3.05) is 6.54 Å². The molecule has 3 heteroatoms. The van der Waals surface area contributed by atoms with Crippen LogP contribution in [0, 0.1) is 0 Å². The van der Waals surface area contributed by atoms with Gasteiger partial charge in [-0.2, -0.15) is 0 Å². The van der Waals surface area contributed by atoms with E-state index in [4.69, 9.17) is 5.73 Å². The van der Waals surface area contributed by atoms with Crippen molar-refractivity contribution in [2.45, 2.75) is 24.9 Å². The summed E-state index contributed by atoms with van der Waals surface area (Å²) in [5.74, 6) is 0. The Morgan fingerprint density at radius 3 is 2.85 bits per heavy atom. The van der Waals surface area contributed by atoms with Crippen LogP contribution in [0.4, 0.5) is 0 Å². The van der Waals surface area contributed by atoms with Crippen LogP contribution >= 0.6 is 0 Å². The van der Waals surface area contributed by atoms with Crippen molar-refractivity contribution in [3.8, 4) is 0 Å². The number of hydrogen-bond acceptors (Lipinski definition) is 3. The molecule has 3 nitrogen and oxygen atoms in total. The maximum atomic E-state index is 5.91. The highest BCUT2D eigenvalue weighted by Crippen LogP contribution is 2.21. The summed E-state index contributed by atoms with van der Waals surface area (Å²) in [6, 6.07) is 4.87. The van der Waals surface area contributed by atoms with Crippen LogP contribution in [0.25, 0.3) is 0 Å². The molecule has 1 aliphatic rings. The highest BCUT2D eigenvalue weighted by molar-refractivity contribution is 5.16. The number of piperidine rings is 1. The molecule has 0 aromatic carbocycles. The van der Waals surface area contributed by atoms with Gasteiger partial charge in [0.25, 0.3) is 0 Å². The smallest absolute Gasteiger partial charge is 0.0336 e. The number of nitrogens with zero attached hydrogens (tertiary/aromatic N) is 1. The lowest BCUT2D eigenvalue weighted by molar-refractivity contribution is 0.369. The van der Waals surface area contributed by atoms with Crippen molar-refractivity contribution < 1.29 is 0 Å². The lowest BCUT2D eigenvalue weighted by Gasteiger charge is -2.28. The summed E-state index contributed by atoms with van der Waals surface area (Å²) in [6.45, 7) is 1.02. The normalized spacial score (nSPS) is 28.7. The standard InChI is InChI=1S/C10H15N3/c11-9-3-6-13-10(7-9)8-1-4-12-5-2-8/h1-2,4-5,9-10,13H,3,6-7,11H2. The second-order valence-corrected chi connectivity index (χ2v) is 3.57. The molecule has 2 heterocycles. The van der Waals surface area contributed by atoms with Crippen molar-refractivity contribution >= 4 is 0 Å². The Balaban J connectivity index is 2.08.